The van der Waals surface area contributed by atoms with Gasteiger partial charge < -0.3 is 5.73 Å². The maximum atomic E-state index is 13.8. The van der Waals surface area contributed by atoms with Crippen molar-refractivity contribution in [2.24, 2.45) is 5.73 Å². The lowest BCUT2D eigenvalue weighted by molar-refractivity contribution is 0.549. The number of halogens is 2. The highest BCUT2D eigenvalue weighted by Gasteiger charge is 2.16. The molecular formula is C15H19ClFN3. The molecule has 0 aliphatic rings. The maximum absolute atomic E-state index is 13.8. The molecule has 0 radical (unpaired) electrons. The fourth-order valence-corrected chi connectivity index (χ4v) is 2.45. The fraction of sp³-hybridized carbons (Fsp3) is 0.400. The van der Waals surface area contributed by atoms with E-state index in [1.54, 1.807) is 6.07 Å². The Hall–Kier alpha value is -1.39. The first-order valence-corrected chi connectivity index (χ1v) is 7.19. The Bertz CT molecular complexity index is 595. The Morgan fingerprint density at radius 2 is 2.10 bits per heavy atom. The molecule has 0 amide bonds. The van der Waals surface area contributed by atoms with Gasteiger partial charge in [0.1, 0.15) is 5.82 Å². The third-order valence-corrected chi connectivity index (χ3v) is 3.59. The zero-order chi connectivity index (χ0) is 14.7. The van der Waals surface area contributed by atoms with Gasteiger partial charge in [-0.2, -0.15) is 5.10 Å². The van der Waals surface area contributed by atoms with E-state index in [9.17, 15) is 4.39 Å². The molecule has 0 bridgehead atoms. The van der Waals surface area contributed by atoms with E-state index in [1.807, 2.05) is 24.6 Å². The maximum Gasteiger partial charge on any atom is 0.126 e. The second-order valence-corrected chi connectivity index (χ2v) is 5.21. The summed E-state index contributed by atoms with van der Waals surface area (Å²) in [5.74, 6) is -0.275. The molecule has 0 saturated heterocycles. The van der Waals surface area contributed by atoms with Crippen LogP contribution in [0, 0.1) is 5.82 Å². The minimum atomic E-state index is -0.296. The van der Waals surface area contributed by atoms with Crippen LogP contribution in [0.1, 0.15) is 36.8 Å². The molecule has 0 aliphatic heterocycles. The molecule has 2 aromatic rings. The summed E-state index contributed by atoms with van der Waals surface area (Å²) >= 11 is 5.91. The summed E-state index contributed by atoms with van der Waals surface area (Å²) in [6.45, 7) is 4.82. The van der Waals surface area contributed by atoms with Gasteiger partial charge in [0.15, 0.2) is 0 Å². The van der Waals surface area contributed by atoms with Gasteiger partial charge in [-0.3, -0.25) is 4.68 Å². The molecule has 5 heteroatoms. The Labute approximate surface area is 123 Å². The number of nitrogens with zero attached hydrogens (tertiary/aromatic N) is 2. The van der Waals surface area contributed by atoms with Gasteiger partial charge in [-0.15, -0.1) is 0 Å². The van der Waals surface area contributed by atoms with E-state index in [4.69, 9.17) is 17.3 Å². The molecule has 1 atom stereocenters. The van der Waals surface area contributed by atoms with Crippen LogP contribution in [0.5, 0.6) is 0 Å². The van der Waals surface area contributed by atoms with Crippen LogP contribution in [0.4, 0.5) is 4.39 Å². The molecule has 0 fully saturated rings. The van der Waals surface area contributed by atoms with E-state index >= 15 is 0 Å². The molecule has 1 aromatic heterocycles. The van der Waals surface area contributed by atoms with Crippen LogP contribution in [-0.2, 0) is 19.4 Å². The molecule has 1 aromatic carbocycles. The van der Waals surface area contributed by atoms with Gasteiger partial charge in [-0.1, -0.05) is 18.5 Å². The van der Waals surface area contributed by atoms with Gasteiger partial charge in [0, 0.05) is 11.6 Å². The first kappa shape index (κ1) is 15.0. The molecule has 2 rings (SSSR count). The molecule has 2 N–H and O–H groups in total. The number of aromatic nitrogens is 2. The Balaban J connectivity index is 2.25. The minimum Gasteiger partial charge on any atom is -0.322 e. The van der Waals surface area contributed by atoms with Gasteiger partial charge in [-0.25, -0.2) is 4.39 Å². The Morgan fingerprint density at radius 1 is 1.35 bits per heavy atom. The quantitative estimate of drug-likeness (QED) is 0.917. The number of benzene rings is 1. The van der Waals surface area contributed by atoms with Crippen molar-refractivity contribution in [2.75, 3.05) is 0 Å². The summed E-state index contributed by atoms with van der Waals surface area (Å²) < 4.78 is 15.6. The van der Waals surface area contributed by atoms with E-state index < -0.39 is 0 Å². The lowest BCUT2D eigenvalue weighted by Gasteiger charge is -2.14. The first-order valence-electron chi connectivity index (χ1n) is 6.81. The summed E-state index contributed by atoms with van der Waals surface area (Å²) in [4.78, 5) is 0. The van der Waals surface area contributed by atoms with Gasteiger partial charge in [0.25, 0.3) is 0 Å². The molecular weight excluding hydrogens is 277 g/mol. The smallest absolute Gasteiger partial charge is 0.126 e. The summed E-state index contributed by atoms with van der Waals surface area (Å²) in [5, 5.41) is 4.99. The van der Waals surface area contributed by atoms with Gasteiger partial charge in [0.2, 0.25) is 0 Å². The van der Waals surface area contributed by atoms with Crippen LogP contribution in [-0.4, -0.2) is 9.78 Å². The second-order valence-electron chi connectivity index (χ2n) is 4.78. The highest BCUT2D eigenvalue weighted by molar-refractivity contribution is 6.30. The Morgan fingerprint density at radius 3 is 2.75 bits per heavy atom. The van der Waals surface area contributed by atoms with Crippen LogP contribution in [0.25, 0.3) is 0 Å². The third-order valence-electron chi connectivity index (χ3n) is 3.35. The topological polar surface area (TPSA) is 43.8 Å². The normalized spacial score (nSPS) is 12.7. The van der Waals surface area contributed by atoms with Gasteiger partial charge in [0.05, 0.1) is 17.4 Å². The molecule has 108 valence electrons. The fourth-order valence-electron chi connectivity index (χ4n) is 2.25. The summed E-state index contributed by atoms with van der Waals surface area (Å²) in [6.07, 6.45) is 1.26. The number of hydrogen-bond donors (Lipinski definition) is 1. The second kappa shape index (κ2) is 6.37. The lowest BCUT2D eigenvalue weighted by atomic mass is 10.0. The van der Waals surface area contributed by atoms with Crippen LogP contribution in [0.3, 0.4) is 0 Å². The molecule has 20 heavy (non-hydrogen) atoms. The molecule has 0 saturated carbocycles. The SMILES string of the molecule is CCc1cc(C(N)Cc2cc(Cl)ccc2F)n(CC)n1. The minimum absolute atomic E-state index is 0.275. The van der Waals surface area contributed by atoms with E-state index in [0.717, 1.165) is 24.4 Å². The standard InChI is InChI=1S/C15H19ClFN3/c1-3-12-9-15(20(4-2)19-12)14(18)8-10-7-11(16)5-6-13(10)17/h5-7,9,14H,3-4,8,18H2,1-2H3. The van der Waals surface area contributed by atoms with Crippen LogP contribution in [0.15, 0.2) is 24.3 Å². The lowest BCUT2D eigenvalue weighted by Crippen LogP contribution is -2.18. The van der Waals surface area contributed by atoms with Crippen molar-refractivity contribution >= 4 is 11.6 Å². The molecule has 0 aliphatic carbocycles. The summed E-state index contributed by atoms with van der Waals surface area (Å²) in [7, 11) is 0. The average molecular weight is 296 g/mol. The van der Waals surface area contributed by atoms with Crippen LogP contribution < -0.4 is 5.73 Å². The van der Waals surface area contributed by atoms with Gasteiger partial charge >= 0.3 is 0 Å². The van der Waals surface area contributed by atoms with Crippen molar-refractivity contribution in [3.63, 3.8) is 0 Å². The van der Waals surface area contributed by atoms with Crippen molar-refractivity contribution in [1.82, 2.24) is 9.78 Å². The number of nitrogens with two attached hydrogens (primary N) is 1. The monoisotopic (exact) mass is 295 g/mol. The number of aryl methyl sites for hydroxylation is 2. The average Bonchev–Trinajstić information content (AvgIpc) is 2.86. The van der Waals surface area contributed by atoms with Crippen LogP contribution in [0.2, 0.25) is 5.02 Å². The van der Waals surface area contributed by atoms with E-state index in [0.29, 0.717) is 17.0 Å². The number of hydrogen-bond acceptors (Lipinski definition) is 2. The predicted octanol–water partition coefficient (Wildman–Crippen LogP) is 3.50. The van der Waals surface area contributed by atoms with E-state index in [2.05, 4.69) is 5.10 Å². The van der Waals surface area contributed by atoms with Crippen molar-refractivity contribution in [3.8, 4) is 0 Å². The zero-order valence-electron chi connectivity index (χ0n) is 11.7. The van der Waals surface area contributed by atoms with Crippen molar-refractivity contribution in [1.29, 1.82) is 0 Å². The Kier molecular flexibility index (Phi) is 4.78. The first-order chi connectivity index (χ1) is 9.55. The largest absolute Gasteiger partial charge is 0.322 e. The van der Waals surface area contributed by atoms with E-state index in [1.165, 1.54) is 12.1 Å². The molecule has 0 spiro atoms. The number of rotatable bonds is 5. The van der Waals surface area contributed by atoms with Crippen molar-refractivity contribution in [3.05, 3.63) is 52.1 Å². The predicted molar refractivity (Wildman–Crippen MR) is 79.3 cm³/mol. The van der Waals surface area contributed by atoms with Crippen molar-refractivity contribution < 1.29 is 4.39 Å². The highest BCUT2D eigenvalue weighted by atomic mass is 35.5. The zero-order valence-corrected chi connectivity index (χ0v) is 12.5. The van der Waals surface area contributed by atoms with Crippen molar-refractivity contribution in [2.45, 2.75) is 39.3 Å². The summed E-state index contributed by atoms with van der Waals surface area (Å²) in [6, 6.07) is 6.24. The molecule has 1 unspecified atom stereocenters. The molecule has 1 heterocycles. The third kappa shape index (κ3) is 3.19. The van der Waals surface area contributed by atoms with E-state index in [-0.39, 0.29) is 11.9 Å². The van der Waals surface area contributed by atoms with Gasteiger partial charge in [-0.05, 0) is 49.6 Å². The highest BCUT2D eigenvalue weighted by Crippen LogP contribution is 2.22. The summed E-state index contributed by atoms with van der Waals surface area (Å²) in [5.41, 5.74) is 8.69. The molecule has 3 nitrogen and oxygen atoms in total. The van der Waals surface area contributed by atoms with Crippen LogP contribution >= 0.6 is 11.6 Å².